The summed E-state index contributed by atoms with van der Waals surface area (Å²) in [6, 6.07) is 2.03. The van der Waals surface area contributed by atoms with Gasteiger partial charge in [-0.3, -0.25) is 4.40 Å². The molecule has 0 unspecified atom stereocenters. The first-order valence-electron chi connectivity index (χ1n) is 6.74. The normalized spacial score (nSPS) is 17.2. The first kappa shape index (κ1) is 12.5. The quantitative estimate of drug-likeness (QED) is 0.893. The summed E-state index contributed by atoms with van der Waals surface area (Å²) in [6.07, 6.45) is 2.45. The lowest BCUT2D eigenvalue weighted by Crippen LogP contribution is -2.32. The highest BCUT2D eigenvalue weighted by atomic mass is 16.5. The fourth-order valence-electron chi connectivity index (χ4n) is 2.55. The molecule has 0 amide bonds. The minimum absolute atomic E-state index is 0.326. The predicted octanol–water partition coefficient (Wildman–Crippen LogP) is 1.01. The van der Waals surface area contributed by atoms with Gasteiger partial charge in [-0.25, -0.2) is 4.98 Å². The number of nitrogens with one attached hydrogen (secondary N) is 1. The van der Waals surface area contributed by atoms with Crippen LogP contribution in [0.5, 0.6) is 0 Å². The molecule has 19 heavy (non-hydrogen) atoms. The van der Waals surface area contributed by atoms with Crippen LogP contribution in [0.1, 0.15) is 30.1 Å². The first-order chi connectivity index (χ1) is 9.24. The molecule has 2 aromatic rings. The van der Waals surface area contributed by atoms with Gasteiger partial charge in [0.15, 0.2) is 5.82 Å². The monoisotopic (exact) mass is 261 g/mol. The van der Waals surface area contributed by atoms with Crippen molar-refractivity contribution in [2.75, 3.05) is 13.1 Å². The third kappa shape index (κ3) is 2.59. The van der Waals surface area contributed by atoms with Gasteiger partial charge in [0.05, 0.1) is 6.10 Å². The highest BCUT2D eigenvalue weighted by molar-refractivity contribution is 5.32. The van der Waals surface area contributed by atoms with Gasteiger partial charge in [0.25, 0.3) is 5.78 Å². The molecule has 6 heteroatoms. The zero-order valence-corrected chi connectivity index (χ0v) is 11.4. The zero-order valence-electron chi connectivity index (χ0n) is 11.4. The maximum Gasteiger partial charge on any atom is 0.255 e. The largest absolute Gasteiger partial charge is 0.370 e. The van der Waals surface area contributed by atoms with Crippen LogP contribution in [0, 0.1) is 13.8 Å². The Balaban J connectivity index is 1.77. The van der Waals surface area contributed by atoms with Gasteiger partial charge in [-0.05, 0) is 45.8 Å². The zero-order chi connectivity index (χ0) is 13.2. The summed E-state index contributed by atoms with van der Waals surface area (Å²) < 4.78 is 7.90. The van der Waals surface area contributed by atoms with E-state index in [1.165, 1.54) is 0 Å². The topological polar surface area (TPSA) is 64.3 Å². The lowest BCUT2D eigenvalue weighted by molar-refractivity contribution is 0.0173. The summed E-state index contributed by atoms with van der Waals surface area (Å²) in [5, 5.41) is 11.6. The van der Waals surface area contributed by atoms with Crippen LogP contribution in [0.2, 0.25) is 0 Å². The van der Waals surface area contributed by atoms with Gasteiger partial charge >= 0.3 is 0 Å². The molecule has 1 aliphatic heterocycles. The van der Waals surface area contributed by atoms with Crippen LogP contribution in [0.4, 0.5) is 0 Å². The number of piperidine rings is 1. The van der Waals surface area contributed by atoms with Crippen molar-refractivity contribution >= 4 is 5.78 Å². The van der Waals surface area contributed by atoms with Crippen molar-refractivity contribution in [2.45, 2.75) is 39.4 Å². The van der Waals surface area contributed by atoms with E-state index in [0.717, 1.165) is 43.1 Å². The maximum absolute atomic E-state index is 5.93. The molecule has 1 saturated heterocycles. The molecule has 1 N–H and O–H groups in total. The van der Waals surface area contributed by atoms with Crippen molar-refractivity contribution in [1.82, 2.24) is 24.9 Å². The Morgan fingerprint density at radius 1 is 1.32 bits per heavy atom. The SMILES string of the molecule is Cc1cc(C)n2c(COC3CCNCC3)nnc2n1. The number of aromatic nitrogens is 4. The van der Waals surface area contributed by atoms with Gasteiger partial charge in [-0.1, -0.05) is 0 Å². The van der Waals surface area contributed by atoms with E-state index in [4.69, 9.17) is 4.74 Å². The molecule has 6 nitrogen and oxygen atoms in total. The first-order valence-corrected chi connectivity index (χ1v) is 6.74. The Bertz CT molecular complexity index is 574. The predicted molar refractivity (Wildman–Crippen MR) is 70.9 cm³/mol. The maximum atomic E-state index is 5.93. The Labute approximate surface area is 112 Å². The minimum atomic E-state index is 0.326. The Kier molecular flexibility index (Phi) is 3.44. The van der Waals surface area contributed by atoms with Crippen molar-refractivity contribution in [3.05, 3.63) is 23.3 Å². The van der Waals surface area contributed by atoms with Crippen molar-refractivity contribution < 1.29 is 4.74 Å². The van der Waals surface area contributed by atoms with E-state index in [2.05, 4.69) is 20.5 Å². The molecule has 3 heterocycles. The number of rotatable bonds is 3. The van der Waals surface area contributed by atoms with Crippen molar-refractivity contribution in [3.63, 3.8) is 0 Å². The second kappa shape index (κ2) is 5.22. The smallest absolute Gasteiger partial charge is 0.255 e. The van der Waals surface area contributed by atoms with Gasteiger partial charge in [0.1, 0.15) is 6.61 Å². The number of ether oxygens (including phenoxy) is 1. The van der Waals surface area contributed by atoms with Crippen molar-refractivity contribution in [3.8, 4) is 0 Å². The van der Waals surface area contributed by atoms with Crippen LogP contribution in [-0.2, 0) is 11.3 Å². The molecule has 3 rings (SSSR count). The van der Waals surface area contributed by atoms with E-state index in [-0.39, 0.29) is 0 Å². The van der Waals surface area contributed by atoms with Gasteiger partial charge in [-0.15, -0.1) is 10.2 Å². The van der Waals surface area contributed by atoms with E-state index in [9.17, 15) is 0 Å². The van der Waals surface area contributed by atoms with Gasteiger partial charge in [-0.2, -0.15) is 0 Å². The lowest BCUT2D eigenvalue weighted by Gasteiger charge is -2.22. The molecule has 1 fully saturated rings. The molecule has 1 aliphatic rings. The molecule has 0 spiro atoms. The number of hydrogen-bond acceptors (Lipinski definition) is 5. The molecule has 0 aliphatic carbocycles. The van der Waals surface area contributed by atoms with E-state index in [1.54, 1.807) is 0 Å². The van der Waals surface area contributed by atoms with E-state index in [0.29, 0.717) is 18.5 Å². The minimum Gasteiger partial charge on any atom is -0.370 e. The Hall–Kier alpha value is -1.53. The standard InChI is InChI=1S/C13H19N5O/c1-9-7-10(2)18-12(16-17-13(18)15-9)8-19-11-3-5-14-6-4-11/h7,11,14H,3-6,8H2,1-2H3. The van der Waals surface area contributed by atoms with Gasteiger partial charge in [0.2, 0.25) is 0 Å². The third-order valence-corrected chi connectivity index (χ3v) is 3.49. The van der Waals surface area contributed by atoms with Crippen LogP contribution >= 0.6 is 0 Å². The molecule has 0 saturated carbocycles. The van der Waals surface area contributed by atoms with Crippen LogP contribution in [-0.4, -0.2) is 38.8 Å². The number of fused-ring (bicyclic) bond motifs is 1. The van der Waals surface area contributed by atoms with E-state index in [1.807, 2.05) is 24.3 Å². The number of hydrogen-bond donors (Lipinski definition) is 1. The number of aryl methyl sites for hydroxylation is 2. The van der Waals surface area contributed by atoms with E-state index < -0.39 is 0 Å². The van der Waals surface area contributed by atoms with Crippen molar-refractivity contribution in [2.24, 2.45) is 0 Å². The lowest BCUT2D eigenvalue weighted by atomic mass is 10.1. The summed E-state index contributed by atoms with van der Waals surface area (Å²) in [4.78, 5) is 4.38. The molecule has 102 valence electrons. The van der Waals surface area contributed by atoms with Crippen molar-refractivity contribution in [1.29, 1.82) is 0 Å². The van der Waals surface area contributed by atoms with Crippen LogP contribution < -0.4 is 5.32 Å². The summed E-state index contributed by atoms with van der Waals surface area (Å²) in [6.45, 7) is 6.57. The molecule has 2 aromatic heterocycles. The average molecular weight is 261 g/mol. The molecule has 0 aromatic carbocycles. The molecular formula is C13H19N5O. The fourth-order valence-corrected chi connectivity index (χ4v) is 2.55. The molecule has 0 atom stereocenters. The van der Waals surface area contributed by atoms with Crippen LogP contribution in [0.15, 0.2) is 6.07 Å². The third-order valence-electron chi connectivity index (χ3n) is 3.49. The second-order valence-electron chi connectivity index (χ2n) is 5.05. The summed E-state index contributed by atoms with van der Waals surface area (Å²) in [5.41, 5.74) is 2.06. The van der Waals surface area contributed by atoms with Crippen LogP contribution in [0.3, 0.4) is 0 Å². The fraction of sp³-hybridized carbons (Fsp3) is 0.615. The second-order valence-corrected chi connectivity index (χ2v) is 5.05. The Morgan fingerprint density at radius 2 is 2.11 bits per heavy atom. The number of nitrogens with zero attached hydrogens (tertiary/aromatic N) is 4. The molecule has 0 bridgehead atoms. The molecular weight excluding hydrogens is 242 g/mol. The summed E-state index contributed by atoms with van der Waals surface area (Å²) >= 11 is 0. The van der Waals surface area contributed by atoms with Gasteiger partial charge in [0, 0.05) is 11.4 Å². The summed E-state index contributed by atoms with van der Waals surface area (Å²) in [5.74, 6) is 1.49. The highest BCUT2D eigenvalue weighted by Crippen LogP contribution is 2.12. The van der Waals surface area contributed by atoms with Crippen LogP contribution in [0.25, 0.3) is 5.78 Å². The summed E-state index contributed by atoms with van der Waals surface area (Å²) in [7, 11) is 0. The average Bonchev–Trinajstić information content (AvgIpc) is 2.81. The van der Waals surface area contributed by atoms with E-state index >= 15 is 0 Å². The highest BCUT2D eigenvalue weighted by Gasteiger charge is 2.16. The van der Waals surface area contributed by atoms with Gasteiger partial charge < -0.3 is 10.1 Å². The Morgan fingerprint density at radius 3 is 2.89 bits per heavy atom. The molecule has 0 radical (unpaired) electrons.